The smallest absolute Gasteiger partial charge is 0.253 e. The summed E-state index contributed by atoms with van der Waals surface area (Å²) in [7, 11) is 0. The number of piperidine rings is 1. The van der Waals surface area contributed by atoms with E-state index in [-0.39, 0.29) is 24.0 Å². The second-order valence-electron chi connectivity index (χ2n) is 9.82. The third-order valence-corrected chi connectivity index (χ3v) is 8.90. The fourth-order valence-corrected chi connectivity index (χ4v) is 7.46. The van der Waals surface area contributed by atoms with Gasteiger partial charge in [0.15, 0.2) is 0 Å². The largest absolute Gasteiger partial charge is 0.388 e. The van der Waals surface area contributed by atoms with E-state index >= 15 is 0 Å². The molecule has 3 saturated heterocycles. The van der Waals surface area contributed by atoms with E-state index < -0.39 is 24.4 Å². The summed E-state index contributed by atoms with van der Waals surface area (Å²) in [4.78, 5) is 15.1. The number of likely N-dealkylation sites (tertiary alicyclic amines) is 1. The number of nitrogens with zero attached hydrogens (tertiary/aromatic N) is 1. The van der Waals surface area contributed by atoms with Crippen molar-refractivity contribution < 1.29 is 18.7 Å². The number of fused-ring (bicyclic) bond motifs is 2. The molecule has 2 aliphatic carbocycles. The number of hydrogen-bond acceptors (Lipinski definition) is 6. The number of nitrogens with one attached hydrogen (secondary N) is 3. The molecule has 2 saturated carbocycles. The highest BCUT2D eigenvalue weighted by molar-refractivity contribution is 8.00. The van der Waals surface area contributed by atoms with Gasteiger partial charge >= 0.3 is 0 Å². The van der Waals surface area contributed by atoms with E-state index in [1.165, 1.54) is 25.7 Å². The first-order valence-electron chi connectivity index (χ1n) is 11.1. The number of thioether (sulfide) groups is 1. The number of aliphatic hydroxyl groups is 1. The molecule has 0 aromatic rings. The minimum absolute atomic E-state index is 0.0255. The third kappa shape index (κ3) is 4.18. The monoisotopic (exact) mass is 430 g/mol. The van der Waals surface area contributed by atoms with Crippen molar-refractivity contribution in [1.82, 2.24) is 20.9 Å². The van der Waals surface area contributed by atoms with Gasteiger partial charge in [-0.1, -0.05) is 12.8 Å². The third-order valence-electron chi connectivity index (χ3n) is 7.50. The molecule has 5 rings (SSSR count). The standard InChI is InChI=1S/C20H32F2N4O2S/c21-20(22)9-19(28,10-20)11-23-18-25-14-5-6-26(8-16(14)29-18)17(27)15-7-12-3-1-2-4-13(12)24-15/h12-16,18,23-25,28H,1-11H2. The lowest BCUT2D eigenvalue weighted by molar-refractivity contribution is -0.202. The van der Waals surface area contributed by atoms with Crippen LogP contribution in [-0.2, 0) is 4.79 Å². The zero-order valence-corrected chi connectivity index (χ0v) is 17.5. The highest BCUT2D eigenvalue weighted by Gasteiger charge is 2.56. The molecule has 6 nitrogen and oxygen atoms in total. The molecule has 5 aliphatic rings. The van der Waals surface area contributed by atoms with E-state index in [4.69, 9.17) is 0 Å². The molecule has 4 N–H and O–H groups in total. The van der Waals surface area contributed by atoms with Gasteiger partial charge in [0.25, 0.3) is 5.92 Å². The lowest BCUT2D eigenvalue weighted by atomic mass is 9.76. The Balaban J connectivity index is 1.10. The Hall–Kier alpha value is -0.480. The van der Waals surface area contributed by atoms with Crippen LogP contribution in [0.5, 0.6) is 0 Å². The number of hydrogen-bond donors (Lipinski definition) is 4. The van der Waals surface area contributed by atoms with E-state index in [1.54, 1.807) is 11.8 Å². The number of alkyl halides is 2. The van der Waals surface area contributed by atoms with Crippen LogP contribution in [0.15, 0.2) is 0 Å². The molecule has 164 valence electrons. The Morgan fingerprint density at radius 2 is 1.97 bits per heavy atom. The number of rotatable bonds is 4. The SMILES string of the molecule is O=C(C1CC2CCCCC2N1)N1CCC2NC(NCC3(O)CC(F)(F)C3)SC2C1. The number of carbonyl (C=O) groups excluding carboxylic acids is 1. The summed E-state index contributed by atoms with van der Waals surface area (Å²) in [6.07, 6.45) is 5.97. The predicted octanol–water partition coefficient (Wildman–Crippen LogP) is 1.25. The second-order valence-corrected chi connectivity index (χ2v) is 11.2. The molecule has 0 aromatic carbocycles. The first-order valence-corrected chi connectivity index (χ1v) is 12.0. The van der Waals surface area contributed by atoms with Crippen molar-refractivity contribution in [2.24, 2.45) is 5.92 Å². The summed E-state index contributed by atoms with van der Waals surface area (Å²) in [6.45, 7) is 1.67. The quantitative estimate of drug-likeness (QED) is 0.538. The van der Waals surface area contributed by atoms with Gasteiger partial charge in [0, 0.05) is 49.8 Å². The molecule has 0 spiro atoms. The zero-order valence-electron chi connectivity index (χ0n) is 16.7. The molecule has 6 unspecified atom stereocenters. The number of halogens is 2. The van der Waals surface area contributed by atoms with Gasteiger partial charge in [0.2, 0.25) is 5.91 Å². The molecule has 0 aromatic heterocycles. The molecule has 29 heavy (non-hydrogen) atoms. The van der Waals surface area contributed by atoms with Gasteiger partial charge in [0.05, 0.1) is 11.6 Å². The first-order chi connectivity index (χ1) is 13.8. The molecule has 5 fully saturated rings. The Morgan fingerprint density at radius 1 is 1.17 bits per heavy atom. The molecular formula is C20H32F2N4O2S. The van der Waals surface area contributed by atoms with Gasteiger partial charge in [-0.15, -0.1) is 11.8 Å². The Labute approximate surface area is 174 Å². The fraction of sp³-hybridized carbons (Fsp3) is 0.950. The normalized spacial score (nSPS) is 42.8. The van der Waals surface area contributed by atoms with Gasteiger partial charge in [0.1, 0.15) is 5.50 Å². The van der Waals surface area contributed by atoms with Crippen LogP contribution in [0.25, 0.3) is 0 Å². The minimum atomic E-state index is -2.73. The van der Waals surface area contributed by atoms with Gasteiger partial charge in [-0.05, 0) is 31.6 Å². The van der Waals surface area contributed by atoms with Crippen molar-refractivity contribution in [2.45, 2.75) is 91.8 Å². The van der Waals surface area contributed by atoms with E-state index in [2.05, 4.69) is 16.0 Å². The van der Waals surface area contributed by atoms with Crippen molar-refractivity contribution >= 4 is 17.7 Å². The molecule has 3 heterocycles. The molecular weight excluding hydrogens is 398 g/mol. The van der Waals surface area contributed by atoms with Gasteiger partial charge in [-0.25, -0.2) is 8.78 Å². The Bertz CT molecular complexity index is 632. The first kappa shape index (κ1) is 20.4. The lowest BCUT2D eigenvalue weighted by Crippen LogP contribution is -2.59. The summed E-state index contributed by atoms with van der Waals surface area (Å²) in [5.74, 6) is -1.82. The van der Waals surface area contributed by atoms with Crippen LogP contribution < -0.4 is 16.0 Å². The summed E-state index contributed by atoms with van der Waals surface area (Å²) in [5.41, 5.74) is -1.36. The van der Waals surface area contributed by atoms with Gasteiger partial charge < -0.3 is 15.3 Å². The van der Waals surface area contributed by atoms with Gasteiger partial charge in [-0.2, -0.15) is 0 Å². The maximum absolute atomic E-state index is 13.1. The van der Waals surface area contributed by atoms with Crippen LogP contribution in [-0.4, -0.2) is 75.9 Å². The second kappa shape index (κ2) is 7.58. The summed E-state index contributed by atoms with van der Waals surface area (Å²) < 4.78 is 26.1. The molecule has 3 aliphatic heterocycles. The number of carbonyl (C=O) groups is 1. The van der Waals surface area contributed by atoms with E-state index in [0.29, 0.717) is 23.3 Å². The topological polar surface area (TPSA) is 76.6 Å². The molecule has 1 amide bonds. The van der Waals surface area contributed by atoms with Crippen molar-refractivity contribution in [1.29, 1.82) is 0 Å². The lowest BCUT2D eigenvalue weighted by Gasteiger charge is -2.43. The van der Waals surface area contributed by atoms with E-state index in [0.717, 1.165) is 25.9 Å². The summed E-state index contributed by atoms with van der Waals surface area (Å²) in [6, 6.07) is 0.816. The Kier molecular flexibility index (Phi) is 5.34. The zero-order chi connectivity index (χ0) is 20.2. The van der Waals surface area contributed by atoms with Crippen LogP contribution in [0.1, 0.15) is 51.4 Å². The summed E-state index contributed by atoms with van der Waals surface area (Å²) >= 11 is 1.72. The van der Waals surface area contributed by atoms with Crippen LogP contribution in [0, 0.1) is 5.92 Å². The minimum Gasteiger partial charge on any atom is -0.388 e. The Morgan fingerprint density at radius 3 is 2.72 bits per heavy atom. The molecule has 6 atom stereocenters. The average Bonchev–Trinajstić information content (AvgIpc) is 3.27. The van der Waals surface area contributed by atoms with Crippen LogP contribution in [0.3, 0.4) is 0 Å². The van der Waals surface area contributed by atoms with Crippen molar-refractivity contribution in [3.63, 3.8) is 0 Å². The maximum Gasteiger partial charge on any atom is 0.253 e. The van der Waals surface area contributed by atoms with Crippen LogP contribution in [0.2, 0.25) is 0 Å². The average molecular weight is 431 g/mol. The van der Waals surface area contributed by atoms with Crippen molar-refractivity contribution in [2.75, 3.05) is 19.6 Å². The van der Waals surface area contributed by atoms with Crippen molar-refractivity contribution in [3.8, 4) is 0 Å². The molecule has 0 bridgehead atoms. The number of amides is 1. The van der Waals surface area contributed by atoms with E-state index in [1.807, 2.05) is 4.90 Å². The predicted molar refractivity (Wildman–Crippen MR) is 108 cm³/mol. The maximum atomic E-state index is 13.1. The summed E-state index contributed by atoms with van der Waals surface area (Å²) in [5, 5.41) is 20.8. The highest BCUT2D eigenvalue weighted by Crippen LogP contribution is 2.45. The van der Waals surface area contributed by atoms with Crippen LogP contribution in [0.4, 0.5) is 8.78 Å². The highest BCUT2D eigenvalue weighted by atomic mass is 32.2. The van der Waals surface area contributed by atoms with E-state index in [9.17, 15) is 18.7 Å². The fourth-order valence-electron chi connectivity index (χ4n) is 6.01. The molecule has 9 heteroatoms. The van der Waals surface area contributed by atoms with Gasteiger partial charge in [-0.3, -0.25) is 15.4 Å². The van der Waals surface area contributed by atoms with Crippen molar-refractivity contribution in [3.05, 3.63) is 0 Å². The molecule has 0 radical (unpaired) electrons. The van der Waals surface area contributed by atoms with Crippen LogP contribution >= 0.6 is 11.8 Å².